The number of likely N-dealkylation sites (tertiary alicyclic amines) is 1. The largest absolute Gasteiger partial charge is 0.465 e. The third-order valence-corrected chi connectivity index (χ3v) is 4.59. The second-order valence-electron chi connectivity index (χ2n) is 6.48. The molecule has 28 heavy (non-hydrogen) atoms. The van der Waals surface area contributed by atoms with Gasteiger partial charge in [0.1, 0.15) is 17.1 Å². The predicted molar refractivity (Wildman–Crippen MR) is 117 cm³/mol. The summed E-state index contributed by atoms with van der Waals surface area (Å²) in [6.07, 6.45) is 3.17. The molecule has 1 saturated heterocycles. The van der Waals surface area contributed by atoms with Crippen LogP contribution in [0.15, 0.2) is 15.5 Å². The number of piperidine rings is 1. The molecule has 0 amide bonds. The van der Waals surface area contributed by atoms with Gasteiger partial charge in [0.15, 0.2) is 5.96 Å². The van der Waals surface area contributed by atoms with Crippen molar-refractivity contribution in [2.24, 2.45) is 4.99 Å². The third-order valence-electron chi connectivity index (χ3n) is 4.59. The highest BCUT2D eigenvalue weighted by atomic mass is 127. The van der Waals surface area contributed by atoms with Crippen molar-refractivity contribution in [1.82, 2.24) is 10.2 Å². The Bertz CT molecular complexity index is 627. The van der Waals surface area contributed by atoms with Crippen LogP contribution in [0.25, 0.3) is 0 Å². The molecular formula is C19H32IN3O5. The van der Waals surface area contributed by atoms with Crippen LogP contribution in [-0.2, 0) is 20.8 Å². The number of aryl methyl sites for hydroxylation is 1. The van der Waals surface area contributed by atoms with Crippen LogP contribution in [0.4, 0.5) is 0 Å². The molecule has 1 aliphatic heterocycles. The Morgan fingerprint density at radius 3 is 2.64 bits per heavy atom. The number of nitrogens with one attached hydrogen (secondary N) is 1. The molecular weight excluding hydrogens is 477 g/mol. The number of esters is 1. The first kappa shape index (κ1) is 24.7. The third kappa shape index (κ3) is 7.25. The van der Waals surface area contributed by atoms with Crippen molar-refractivity contribution in [3.05, 3.63) is 23.2 Å². The monoisotopic (exact) mass is 509 g/mol. The number of methoxy groups -OCH3 is 2. The van der Waals surface area contributed by atoms with Crippen molar-refractivity contribution >= 4 is 35.9 Å². The van der Waals surface area contributed by atoms with E-state index in [1.807, 2.05) is 0 Å². The van der Waals surface area contributed by atoms with Crippen LogP contribution in [0.3, 0.4) is 0 Å². The zero-order valence-electron chi connectivity index (χ0n) is 17.2. The highest BCUT2D eigenvalue weighted by molar-refractivity contribution is 14.0. The Morgan fingerprint density at radius 2 is 2.04 bits per heavy atom. The molecule has 1 aliphatic rings. The summed E-state index contributed by atoms with van der Waals surface area (Å²) in [4.78, 5) is 18.3. The number of nitrogens with zero attached hydrogens (tertiary/aromatic N) is 2. The lowest BCUT2D eigenvalue weighted by Gasteiger charge is -2.34. The van der Waals surface area contributed by atoms with Gasteiger partial charge in [-0.1, -0.05) is 0 Å². The van der Waals surface area contributed by atoms with E-state index in [-0.39, 0.29) is 29.9 Å². The first-order chi connectivity index (χ1) is 13.1. The van der Waals surface area contributed by atoms with E-state index < -0.39 is 0 Å². The van der Waals surface area contributed by atoms with E-state index in [1.54, 1.807) is 27.1 Å². The number of hydrogen-bond donors (Lipinski definition) is 1. The van der Waals surface area contributed by atoms with Crippen molar-refractivity contribution < 1.29 is 23.4 Å². The molecule has 8 nitrogen and oxygen atoms in total. The minimum Gasteiger partial charge on any atom is -0.465 e. The summed E-state index contributed by atoms with van der Waals surface area (Å²) in [5.74, 6) is 1.66. The summed E-state index contributed by atoms with van der Waals surface area (Å²) in [5, 5.41) is 3.30. The lowest BCUT2D eigenvalue weighted by molar-refractivity contribution is 0.00988. The average Bonchev–Trinajstić information content (AvgIpc) is 3.06. The lowest BCUT2D eigenvalue weighted by atomic mass is 10.1. The van der Waals surface area contributed by atoms with Crippen LogP contribution in [0.2, 0.25) is 0 Å². The number of hydrogen-bond acceptors (Lipinski definition) is 6. The molecule has 0 saturated carbocycles. The van der Waals surface area contributed by atoms with E-state index in [0.717, 1.165) is 51.5 Å². The van der Waals surface area contributed by atoms with Gasteiger partial charge in [-0.25, -0.2) is 4.79 Å². The van der Waals surface area contributed by atoms with Crippen molar-refractivity contribution in [2.45, 2.75) is 38.8 Å². The Kier molecular flexibility index (Phi) is 11.5. The first-order valence-electron chi connectivity index (χ1n) is 9.32. The van der Waals surface area contributed by atoms with Crippen molar-refractivity contribution in [3.8, 4) is 0 Å². The molecule has 0 aromatic carbocycles. The Morgan fingerprint density at radius 1 is 1.32 bits per heavy atom. The lowest BCUT2D eigenvalue weighted by Crippen LogP contribution is -2.46. The summed E-state index contributed by atoms with van der Waals surface area (Å²) in [7, 11) is 4.83. The van der Waals surface area contributed by atoms with Crippen LogP contribution in [0, 0.1) is 6.92 Å². The fraction of sp³-hybridized carbons (Fsp3) is 0.684. The number of ether oxygens (including phenoxy) is 3. The van der Waals surface area contributed by atoms with Crippen LogP contribution in [-0.4, -0.2) is 70.5 Å². The minimum atomic E-state index is -0.389. The molecule has 1 N–H and O–H groups in total. The van der Waals surface area contributed by atoms with E-state index in [0.29, 0.717) is 29.7 Å². The molecule has 2 heterocycles. The minimum absolute atomic E-state index is 0. The fourth-order valence-electron chi connectivity index (χ4n) is 3.13. The SMILES string of the molecule is CN=C(NCc1cc(C(=O)OC)c(C)o1)N1CCC(OCCCOC)CC1.I. The normalized spacial score (nSPS) is 15.3. The second kappa shape index (κ2) is 13.0. The molecule has 1 aromatic heterocycles. The van der Waals surface area contributed by atoms with Gasteiger partial charge in [0, 0.05) is 40.5 Å². The van der Waals surface area contributed by atoms with Gasteiger partial charge < -0.3 is 28.8 Å². The topological polar surface area (TPSA) is 85.5 Å². The van der Waals surface area contributed by atoms with Crippen LogP contribution in [0.1, 0.15) is 41.1 Å². The summed E-state index contributed by atoms with van der Waals surface area (Å²) in [5.41, 5.74) is 0.454. The van der Waals surface area contributed by atoms with Gasteiger partial charge in [0.05, 0.1) is 19.8 Å². The molecule has 1 fully saturated rings. The first-order valence-corrected chi connectivity index (χ1v) is 9.32. The fourth-order valence-corrected chi connectivity index (χ4v) is 3.13. The van der Waals surface area contributed by atoms with E-state index in [2.05, 4.69) is 15.2 Å². The van der Waals surface area contributed by atoms with Gasteiger partial charge in [0.25, 0.3) is 0 Å². The quantitative estimate of drug-likeness (QED) is 0.190. The van der Waals surface area contributed by atoms with Gasteiger partial charge in [-0.2, -0.15) is 0 Å². The van der Waals surface area contributed by atoms with E-state index in [4.69, 9.17) is 18.6 Å². The molecule has 160 valence electrons. The smallest absolute Gasteiger partial charge is 0.341 e. The summed E-state index contributed by atoms with van der Waals surface area (Å²) in [6.45, 7) is 5.46. The van der Waals surface area contributed by atoms with Gasteiger partial charge in [-0.05, 0) is 32.3 Å². The van der Waals surface area contributed by atoms with Crippen molar-refractivity contribution in [1.29, 1.82) is 0 Å². The van der Waals surface area contributed by atoms with Crippen molar-refractivity contribution in [3.63, 3.8) is 0 Å². The van der Waals surface area contributed by atoms with E-state index in [1.165, 1.54) is 7.11 Å². The number of halogens is 1. The maximum Gasteiger partial charge on any atom is 0.341 e. The summed E-state index contributed by atoms with van der Waals surface area (Å²) in [6, 6.07) is 1.71. The molecule has 0 radical (unpaired) electrons. The number of aliphatic imine (C=N–C) groups is 1. The number of rotatable bonds is 8. The molecule has 0 atom stereocenters. The maximum atomic E-state index is 11.7. The van der Waals surface area contributed by atoms with Gasteiger partial charge in [0.2, 0.25) is 0 Å². The van der Waals surface area contributed by atoms with E-state index >= 15 is 0 Å². The Balaban J connectivity index is 0.00000392. The van der Waals surface area contributed by atoms with Crippen LogP contribution >= 0.6 is 24.0 Å². The van der Waals surface area contributed by atoms with Crippen LogP contribution in [0.5, 0.6) is 0 Å². The van der Waals surface area contributed by atoms with Gasteiger partial charge in [-0.15, -0.1) is 24.0 Å². The molecule has 0 spiro atoms. The Labute approximate surface area is 184 Å². The van der Waals surface area contributed by atoms with Crippen LogP contribution < -0.4 is 5.32 Å². The molecule has 0 unspecified atom stereocenters. The number of carbonyl (C=O) groups excluding carboxylic acids is 1. The van der Waals surface area contributed by atoms with E-state index in [9.17, 15) is 4.79 Å². The zero-order chi connectivity index (χ0) is 19.6. The Hall–Kier alpha value is -1.33. The highest BCUT2D eigenvalue weighted by Crippen LogP contribution is 2.17. The standard InChI is InChI=1S/C19H31N3O5.HI/c1-14-17(18(23)25-4)12-16(27-14)13-21-19(20-2)22-8-6-15(7-9-22)26-11-5-10-24-3;/h12,15H,5-11,13H2,1-4H3,(H,20,21);1H. The summed E-state index contributed by atoms with van der Waals surface area (Å²) >= 11 is 0. The zero-order valence-corrected chi connectivity index (χ0v) is 19.5. The highest BCUT2D eigenvalue weighted by Gasteiger charge is 2.22. The van der Waals surface area contributed by atoms with Gasteiger partial charge in [-0.3, -0.25) is 4.99 Å². The predicted octanol–water partition coefficient (Wildman–Crippen LogP) is 2.59. The van der Waals surface area contributed by atoms with Gasteiger partial charge >= 0.3 is 5.97 Å². The molecule has 0 bridgehead atoms. The average molecular weight is 509 g/mol. The summed E-state index contributed by atoms with van der Waals surface area (Å²) < 4.78 is 21.3. The number of carbonyl (C=O) groups is 1. The number of guanidine groups is 1. The van der Waals surface area contributed by atoms with Crippen molar-refractivity contribution in [2.75, 3.05) is 47.6 Å². The second-order valence-corrected chi connectivity index (χ2v) is 6.48. The maximum absolute atomic E-state index is 11.7. The molecule has 0 aliphatic carbocycles. The molecule has 1 aromatic rings. The molecule has 2 rings (SSSR count). The molecule has 9 heteroatoms. The number of furan rings is 1.